The van der Waals surface area contributed by atoms with E-state index in [2.05, 4.69) is 10.1 Å². The van der Waals surface area contributed by atoms with E-state index in [4.69, 9.17) is 11.6 Å². The van der Waals surface area contributed by atoms with Crippen molar-refractivity contribution in [2.24, 2.45) is 5.92 Å². The summed E-state index contributed by atoms with van der Waals surface area (Å²) in [5.41, 5.74) is -1.20. The molecule has 172 valence electrons. The van der Waals surface area contributed by atoms with Gasteiger partial charge in [-0.25, -0.2) is 0 Å². The first-order chi connectivity index (χ1) is 15.7. The van der Waals surface area contributed by atoms with Gasteiger partial charge in [0.1, 0.15) is 5.52 Å². The minimum absolute atomic E-state index is 0.0976. The SMILES string of the molecule is O=C(O)C1CC2CCC(C1)N2c1nn(C(=O)c2c(Cl)cccc2C(F)(F)F)c2cccnc12. The number of carboxylic acids is 1. The maximum Gasteiger partial charge on any atom is 0.417 e. The van der Waals surface area contributed by atoms with Gasteiger partial charge in [-0.2, -0.15) is 17.9 Å². The van der Waals surface area contributed by atoms with Crippen LogP contribution in [0.15, 0.2) is 36.5 Å². The second-order valence-electron chi connectivity index (χ2n) is 8.37. The Morgan fingerprint density at radius 1 is 1.09 bits per heavy atom. The third-order valence-corrected chi connectivity index (χ3v) is 6.79. The first-order valence-electron chi connectivity index (χ1n) is 10.4. The van der Waals surface area contributed by atoms with E-state index >= 15 is 0 Å². The zero-order chi connectivity index (χ0) is 23.5. The van der Waals surface area contributed by atoms with Crippen molar-refractivity contribution in [3.63, 3.8) is 0 Å². The van der Waals surface area contributed by atoms with E-state index in [0.717, 1.165) is 29.7 Å². The molecule has 0 spiro atoms. The molecule has 2 aliphatic rings. The zero-order valence-electron chi connectivity index (χ0n) is 17.1. The van der Waals surface area contributed by atoms with Gasteiger partial charge in [-0.1, -0.05) is 17.7 Å². The Balaban J connectivity index is 1.63. The Hall–Kier alpha value is -3.14. The summed E-state index contributed by atoms with van der Waals surface area (Å²) >= 11 is 6.05. The number of alkyl halides is 3. The van der Waals surface area contributed by atoms with E-state index in [1.165, 1.54) is 12.3 Å². The molecule has 0 amide bonds. The summed E-state index contributed by atoms with van der Waals surface area (Å²) in [5, 5.41) is 13.5. The number of pyridine rings is 1. The number of carbonyl (C=O) groups is 2. The van der Waals surface area contributed by atoms with Crippen LogP contribution in [0.25, 0.3) is 11.0 Å². The summed E-state index contributed by atoms with van der Waals surface area (Å²) in [7, 11) is 0. The molecule has 2 bridgehead atoms. The summed E-state index contributed by atoms with van der Waals surface area (Å²) in [5.74, 6) is -1.94. The highest BCUT2D eigenvalue weighted by atomic mass is 35.5. The average molecular weight is 479 g/mol. The highest BCUT2D eigenvalue weighted by Gasteiger charge is 2.45. The topological polar surface area (TPSA) is 88.3 Å². The molecule has 2 atom stereocenters. The first kappa shape index (κ1) is 21.7. The van der Waals surface area contributed by atoms with E-state index in [1.54, 1.807) is 12.1 Å². The van der Waals surface area contributed by atoms with Crippen LogP contribution in [0.2, 0.25) is 5.02 Å². The van der Waals surface area contributed by atoms with Gasteiger partial charge < -0.3 is 10.0 Å². The number of carboxylic acid groups (broad SMARTS) is 1. The molecule has 2 unspecified atom stereocenters. The largest absolute Gasteiger partial charge is 0.481 e. The maximum atomic E-state index is 13.6. The molecule has 0 radical (unpaired) electrons. The predicted octanol–water partition coefficient (Wildman–Crippen LogP) is 4.62. The van der Waals surface area contributed by atoms with Crippen molar-refractivity contribution in [3.05, 3.63) is 52.7 Å². The number of hydrogen-bond donors (Lipinski definition) is 1. The zero-order valence-corrected chi connectivity index (χ0v) is 17.8. The van der Waals surface area contributed by atoms with E-state index in [1.807, 2.05) is 4.90 Å². The normalized spacial score (nSPS) is 22.7. The van der Waals surface area contributed by atoms with Crippen LogP contribution in [-0.2, 0) is 11.0 Å². The minimum Gasteiger partial charge on any atom is -0.481 e. The number of rotatable bonds is 3. The summed E-state index contributed by atoms with van der Waals surface area (Å²) in [4.78, 5) is 31.2. The molecule has 33 heavy (non-hydrogen) atoms. The molecule has 2 aliphatic heterocycles. The lowest BCUT2D eigenvalue weighted by atomic mass is 9.91. The molecule has 11 heteroatoms. The van der Waals surface area contributed by atoms with Crippen molar-refractivity contribution >= 4 is 40.3 Å². The number of aromatic nitrogens is 3. The fourth-order valence-electron chi connectivity index (χ4n) is 5.07. The van der Waals surface area contributed by atoms with E-state index in [-0.39, 0.29) is 22.6 Å². The van der Waals surface area contributed by atoms with Crippen LogP contribution in [0.3, 0.4) is 0 Å². The molecule has 2 fully saturated rings. The van der Waals surface area contributed by atoms with Gasteiger partial charge in [0.2, 0.25) is 0 Å². The number of benzene rings is 1. The van der Waals surface area contributed by atoms with Crippen molar-refractivity contribution in [1.29, 1.82) is 0 Å². The smallest absolute Gasteiger partial charge is 0.417 e. The molecular formula is C22H18ClF3N4O3. The quantitative estimate of drug-likeness (QED) is 0.590. The molecule has 1 N–H and O–H groups in total. The number of carbonyl (C=O) groups excluding carboxylic acids is 1. The third-order valence-electron chi connectivity index (χ3n) is 6.47. The fourth-order valence-corrected chi connectivity index (χ4v) is 5.33. The standard InChI is InChI=1S/C22H18ClF3N4O3/c23-15-4-1-3-14(22(24,25)26)17(15)20(31)30-16-5-2-8-27-18(16)19(28-30)29-12-6-7-13(29)10-11(9-12)21(32)33/h1-5,8,11-13H,6-7,9-10H2,(H,32,33). The highest BCUT2D eigenvalue weighted by Crippen LogP contribution is 2.43. The molecule has 2 saturated heterocycles. The van der Waals surface area contributed by atoms with Crippen molar-refractivity contribution in [3.8, 4) is 0 Å². The van der Waals surface area contributed by atoms with Crippen LogP contribution in [0.5, 0.6) is 0 Å². The minimum atomic E-state index is -4.78. The van der Waals surface area contributed by atoms with Crippen molar-refractivity contribution < 1.29 is 27.9 Å². The number of nitrogens with zero attached hydrogens (tertiary/aromatic N) is 4. The number of fused-ring (bicyclic) bond motifs is 3. The number of halogens is 4. The Morgan fingerprint density at radius 3 is 2.42 bits per heavy atom. The number of piperidine rings is 1. The van der Waals surface area contributed by atoms with Crippen LogP contribution in [0.1, 0.15) is 41.6 Å². The number of hydrogen-bond acceptors (Lipinski definition) is 5. The van der Waals surface area contributed by atoms with Gasteiger partial charge in [-0.05, 0) is 49.9 Å². The third kappa shape index (κ3) is 3.52. The van der Waals surface area contributed by atoms with Crippen LogP contribution in [0, 0.1) is 5.92 Å². The van der Waals surface area contributed by atoms with E-state index in [9.17, 15) is 27.9 Å². The second-order valence-corrected chi connectivity index (χ2v) is 8.78. The van der Waals surface area contributed by atoms with Crippen LogP contribution in [-0.4, -0.2) is 43.8 Å². The van der Waals surface area contributed by atoms with Crippen molar-refractivity contribution in [1.82, 2.24) is 14.8 Å². The second kappa shape index (κ2) is 7.72. The lowest BCUT2D eigenvalue weighted by Crippen LogP contribution is -2.45. The molecular weight excluding hydrogens is 461 g/mol. The molecule has 2 aromatic heterocycles. The highest BCUT2D eigenvalue weighted by molar-refractivity contribution is 6.34. The number of aliphatic carboxylic acids is 1. The van der Waals surface area contributed by atoms with E-state index in [0.29, 0.717) is 24.2 Å². The summed E-state index contributed by atoms with van der Waals surface area (Å²) < 4.78 is 41.8. The summed E-state index contributed by atoms with van der Waals surface area (Å²) in [6, 6.07) is 6.11. The first-order valence-corrected chi connectivity index (χ1v) is 10.8. The van der Waals surface area contributed by atoms with Crippen LogP contribution < -0.4 is 4.90 Å². The van der Waals surface area contributed by atoms with Gasteiger partial charge >= 0.3 is 12.1 Å². The maximum absolute atomic E-state index is 13.6. The van der Waals surface area contributed by atoms with Gasteiger partial charge in [0.05, 0.1) is 27.6 Å². The predicted molar refractivity (Wildman–Crippen MR) is 113 cm³/mol. The molecule has 5 rings (SSSR count). The van der Waals surface area contributed by atoms with Gasteiger partial charge in [-0.15, -0.1) is 5.10 Å². The molecule has 0 aliphatic carbocycles. The van der Waals surface area contributed by atoms with Crippen LogP contribution in [0.4, 0.5) is 19.0 Å². The van der Waals surface area contributed by atoms with Gasteiger partial charge in [-0.3, -0.25) is 14.6 Å². The monoisotopic (exact) mass is 478 g/mol. The van der Waals surface area contributed by atoms with Crippen LogP contribution >= 0.6 is 11.6 Å². The van der Waals surface area contributed by atoms with E-state index < -0.39 is 35.1 Å². The average Bonchev–Trinajstić information content (AvgIpc) is 3.26. The van der Waals surface area contributed by atoms with Gasteiger partial charge in [0, 0.05) is 18.3 Å². The Bertz CT molecular complexity index is 1260. The Labute approximate surface area is 190 Å². The molecule has 0 saturated carbocycles. The summed E-state index contributed by atoms with van der Waals surface area (Å²) in [6.07, 6.45) is -0.853. The fraction of sp³-hybridized carbons (Fsp3) is 0.364. The Kier molecular flexibility index (Phi) is 5.08. The molecule has 3 aromatic rings. The molecule has 7 nitrogen and oxygen atoms in total. The van der Waals surface area contributed by atoms with Crippen molar-refractivity contribution in [2.75, 3.05) is 4.90 Å². The Morgan fingerprint density at radius 2 is 1.79 bits per heavy atom. The number of anilines is 1. The van der Waals surface area contributed by atoms with Crippen molar-refractivity contribution in [2.45, 2.75) is 43.9 Å². The molecule has 4 heterocycles. The lowest BCUT2D eigenvalue weighted by Gasteiger charge is -2.37. The molecule has 1 aromatic carbocycles. The van der Waals surface area contributed by atoms with Gasteiger partial charge in [0.25, 0.3) is 5.91 Å². The summed E-state index contributed by atoms with van der Waals surface area (Å²) in [6.45, 7) is 0. The van der Waals surface area contributed by atoms with Gasteiger partial charge in [0.15, 0.2) is 5.82 Å². The lowest BCUT2D eigenvalue weighted by molar-refractivity contribution is -0.143.